The smallest absolute Gasteiger partial charge is 0.00965 e. The summed E-state index contributed by atoms with van der Waals surface area (Å²) >= 11 is 1.93. The Morgan fingerprint density at radius 1 is 1.06 bits per heavy atom. The van der Waals surface area contributed by atoms with Crippen molar-refractivity contribution in [1.82, 2.24) is 5.32 Å². The summed E-state index contributed by atoms with van der Waals surface area (Å²) in [7, 11) is 0. The van der Waals surface area contributed by atoms with Crippen LogP contribution in [0.15, 0.2) is 6.07 Å². The third kappa shape index (κ3) is 6.55. The van der Waals surface area contributed by atoms with Crippen LogP contribution in [-0.2, 0) is 6.42 Å². The minimum Gasteiger partial charge on any atom is -0.312 e. The number of unbranched alkanes of at least 4 members (excludes halogenated alkanes) is 3. The van der Waals surface area contributed by atoms with E-state index >= 15 is 0 Å². The molecule has 0 amide bonds. The van der Waals surface area contributed by atoms with E-state index in [1.165, 1.54) is 41.9 Å². The van der Waals surface area contributed by atoms with Crippen LogP contribution < -0.4 is 5.32 Å². The Morgan fingerprint density at radius 3 is 2.28 bits per heavy atom. The van der Waals surface area contributed by atoms with Gasteiger partial charge in [-0.3, -0.25) is 0 Å². The first-order valence-corrected chi connectivity index (χ1v) is 8.01. The van der Waals surface area contributed by atoms with E-state index in [0.717, 1.165) is 6.54 Å². The molecule has 2 heteroatoms. The molecule has 1 heterocycles. The van der Waals surface area contributed by atoms with Crippen LogP contribution >= 0.6 is 11.3 Å². The number of nitrogens with one attached hydrogen (secondary N) is 1. The number of hydrogen-bond donors (Lipinski definition) is 1. The molecule has 0 unspecified atom stereocenters. The normalized spacial score (nSPS) is 12.1. The minimum absolute atomic E-state index is 0.269. The predicted molar refractivity (Wildman–Crippen MR) is 83.7 cm³/mol. The third-order valence-corrected chi connectivity index (χ3v) is 4.18. The molecule has 0 spiro atoms. The third-order valence-electron chi connectivity index (χ3n) is 3.17. The van der Waals surface area contributed by atoms with Crippen LogP contribution in [0.5, 0.6) is 0 Å². The summed E-state index contributed by atoms with van der Waals surface area (Å²) < 4.78 is 0. The zero-order valence-electron chi connectivity index (χ0n) is 12.7. The summed E-state index contributed by atoms with van der Waals surface area (Å²) in [6.07, 6.45) is 6.62. The minimum atomic E-state index is 0.269. The highest BCUT2D eigenvalue weighted by molar-refractivity contribution is 7.12. The fourth-order valence-corrected chi connectivity index (χ4v) is 3.17. The molecule has 1 nitrogen and oxygen atoms in total. The average molecular weight is 267 g/mol. The first-order chi connectivity index (χ1) is 8.38. The lowest BCUT2D eigenvalue weighted by Gasteiger charge is -2.20. The molecule has 0 aromatic carbocycles. The van der Waals surface area contributed by atoms with Crippen LogP contribution in [0.25, 0.3) is 0 Å². The van der Waals surface area contributed by atoms with E-state index in [4.69, 9.17) is 0 Å². The van der Waals surface area contributed by atoms with Gasteiger partial charge in [0.25, 0.3) is 0 Å². The summed E-state index contributed by atoms with van der Waals surface area (Å²) in [4.78, 5) is 2.97. The van der Waals surface area contributed by atoms with Crippen molar-refractivity contribution in [2.24, 2.45) is 0 Å². The van der Waals surface area contributed by atoms with Crippen molar-refractivity contribution in [3.8, 4) is 0 Å². The standard InChI is InChI=1S/C16H29NS/c1-13-12-15(14(2)18-13)10-8-6-7-9-11-17-16(3,4)5/h12,17H,6-11H2,1-5H3. The Bertz CT molecular complexity index is 346. The summed E-state index contributed by atoms with van der Waals surface area (Å²) in [6, 6.07) is 2.36. The second-order valence-electron chi connectivity index (χ2n) is 6.28. The van der Waals surface area contributed by atoms with Crippen molar-refractivity contribution in [3.63, 3.8) is 0 Å². The van der Waals surface area contributed by atoms with E-state index in [1.54, 1.807) is 5.56 Å². The molecule has 1 aromatic rings. The van der Waals surface area contributed by atoms with Crippen LogP contribution in [-0.4, -0.2) is 12.1 Å². The van der Waals surface area contributed by atoms with Crippen LogP contribution in [0, 0.1) is 13.8 Å². The van der Waals surface area contributed by atoms with E-state index in [9.17, 15) is 0 Å². The van der Waals surface area contributed by atoms with Crippen molar-refractivity contribution >= 4 is 11.3 Å². The molecule has 0 saturated heterocycles. The van der Waals surface area contributed by atoms with E-state index in [-0.39, 0.29) is 5.54 Å². The Morgan fingerprint density at radius 2 is 1.72 bits per heavy atom. The number of thiophene rings is 1. The van der Waals surface area contributed by atoms with E-state index in [1.807, 2.05) is 11.3 Å². The lowest BCUT2D eigenvalue weighted by atomic mass is 10.1. The molecular weight excluding hydrogens is 238 g/mol. The van der Waals surface area contributed by atoms with Crippen molar-refractivity contribution < 1.29 is 0 Å². The van der Waals surface area contributed by atoms with Crippen molar-refractivity contribution in [1.29, 1.82) is 0 Å². The highest BCUT2D eigenvalue weighted by Gasteiger charge is 2.07. The van der Waals surface area contributed by atoms with Gasteiger partial charge >= 0.3 is 0 Å². The van der Waals surface area contributed by atoms with Gasteiger partial charge in [-0.2, -0.15) is 0 Å². The second kappa shape index (κ2) is 7.30. The molecule has 1 N–H and O–H groups in total. The van der Waals surface area contributed by atoms with Gasteiger partial charge < -0.3 is 5.32 Å². The molecule has 18 heavy (non-hydrogen) atoms. The molecular formula is C16H29NS. The monoisotopic (exact) mass is 267 g/mol. The zero-order chi connectivity index (χ0) is 13.6. The highest BCUT2D eigenvalue weighted by Crippen LogP contribution is 2.22. The molecule has 0 saturated carbocycles. The summed E-state index contributed by atoms with van der Waals surface area (Å²) in [5.41, 5.74) is 1.84. The maximum Gasteiger partial charge on any atom is 0.00965 e. The Balaban J connectivity index is 2.04. The lowest BCUT2D eigenvalue weighted by Crippen LogP contribution is -2.36. The van der Waals surface area contributed by atoms with Gasteiger partial charge in [-0.25, -0.2) is 0 Å². The van der Waals surface area contributed by atoms with Crippen LogP contribution in [0.1, 0.15) is 61.8 Å². The van der Waals surface area contributed by atoms with Gasteiger partial charge in [0.15, 0.2) is 0 Å². The molecule has 0 aliphatic carbocycles. The number of hydrogen-bond acceptors (Lipinski definition) is 2. The maximum absolute atomic E-state index is 3.54. The highest BCUT2D eigenvalue weighted by atomic mass is 32.1. The summed E-state index contributed by atoms with van der Waals surface area (Å²) in [5, 5.41) is 3.54. The lowest BCUT2D eigenvalue weighted by molar-refractivity contribution is 0.416. The van der Waals surface area contributed by atoms with Gasteiger partial charge in [-0.05, 0) is 72.1 Å². The van der Waals surface area contributed by atoms with Gasteiger partial charge in [0.1, 0.15) is 0 Å². The van der Waals surface area contributed by atoms with Crippen LogP contribution in [0.2, 0.25) is 0 Å². The molecule has 1 aromatic heterocycles. The largest absolute Gasteiger partial charge is 0.312 e. The zero-order valence-corrected chi connectivity index (χ0v) is 13.5. The molecule has 0 fully saturated rings. The van der Waals surface area contributed by atoms with Crippen LogP contribution in [0.3, 0.4) is 0 Å². The number of aryl methyl sites for hydroxylation is 3. The molecule has 0 bridgehead atoms. The Hall–Kier alpha value is -0.340. The molecule has 0 aliphatic heterocycles. The quantitative estimate of drug-likeness (QED) is 0.696. The molecule has 104 valence electrons. The van der Waals surface area contributed by atoms with Gasteiger partial charge in [0.2, 0.25) is 0 Å². The van der Waals surface area contributed by atoms with Crippen molar-refractivity contribution in [2.75, 3.05) is 6.54 Å². The average Bonchev–Trinajstić information content (AvgIpc) is 2.54. The Labute approximate surface area is 117 Å². The van der Waals surface area contributed by atoms with E-state index in [2.05, 4.69) is 46.0 Å². The fraction of sp³-hybridized carbons (Fsp3) is 0.750. The second-order valence-corrected chi connectivity index (χ2v) is 7.74. The van der Waals surface area contributed by atoms with Crippen molar-refractivity contribution in [3.05, 3.63) is 21.4 Å². The Kier molecular flexibility index (Phi) is 6.37. The topological polar surface area (TPSA) is 12.0 Å². The molecule has 0 atom stereocenters. The first kappa shape index (κ1) is 15.7. The molecule has 0 aliphatic rings. The SMILES string of the molecule is Cc1cc(CCCCCCNC(C)(C)C)c(C)s1. The summed E-state index contributed by atoms with van der Waals surface area (Å²) in [5.74, 6) is 0. The van der Waals surface area contributed by atoms with Gasteiger partial charge in [0.05, 0.1) is 0 Å². The van der Waals surface area contributed by atoms with Gasteiger partial charge in [-0.1, -0.05) is 12.8 Å². The van der Waals surface area contributed by atoms with Gasteiger partial charge in [0, 0.05) is 15.3 Å². The van der Waals surface area contributed by atoms with E-state index < -0.39 is 0 Å². The fourth-order valence-electron chi connectivity index (χ4n) is 2.19. The maximum atomic E-state index is 3.54. The van der Waals surface area contributed by atoms with E-state index in [0.29, 0.717) is 0 Å². The van der Waals surface area contributed by atoms with Crippen molar-refractivity contribution in [2.45, 2.75) is 72.3 Å². The molecule has 0 radical (unpaired) electrons. The molecule has 1 rings (SSSR count). The summed E-state index contributed by atoms with van der Waals surface area (Å²) in [6.45, 7) is 12.3. The number of rotatable bonds is 7. The first-order valence-electron chi connectivity index (χ1n) is 7.19. The predicted octanol–water partition coefficient (Wildman–Crippen LogP) is 4.86. The van der Waals surface area contributed by atoms with Crippen LogP contribution in [0.4, 0.5) is 0 Å². The van der Waals surface area contributed by atoms with Gasteiger partial charge in [-0.15, -0.1) is 11.3 Å².